The maximum atomic E-state index is 6.31. The molecule has 0 unspecified atom stereocenters. The van der Waals surface area contributed by atoms with Gasteiger partial charge < -0.3 is 0 Å². The van der Waals surface area contributed by atoms with E-state index in [0.29, 0.717) is 11.2 Å². The highest BCUT2D eigenvalue weighted by Crippen LogP contribution is 2.59. The van der Waals surface area contributed by atoms with E-state index in [1.807, 2.05) is 0 Å². The molecule has 1 saturated carbocycles. The number of rotatable bonds is 0. The van der Waals surface area contributed by atoms with Crippen molar-refractivity contribution in [2.24, 2.45) is 16.2 Å². The van der Waals surface area contributed by atoms with Crippen LogP contribution in [0.2, 0.25) is 5.82 Å². The van der Waals surface area contributed by atoms with Crippen molar-refractivity contribution in [3.63, 3.8) is 0 Å². The molecule has 1 rings (SSSR count). The van der Waals surface area contributed by atoms with Crippen LogP contribution < -0.4 is 0 Å². The first-order valence-electron chi connectivity index (χ1n) is 5.32. The van der Waals surface area contributed by atoms with Crippen LogP contribution in [0.4, 0.5) is 0 Å². The predicted molar refractivity (Wildman–Crippen MR) is 60.1 cm³/mol. The van der Waals surface area contributed by atoms with Gasteiger partial charge in [-0.05, 0) is 29.1 Å². The Labute approximate surface area is 84.9 Å². The maximum Gasteiger partial charge on any atom is 0.0714 e. The summed E-state index contributed by atoms with van der Waals surface area (Å²) in [5.41, 5.74) is 1.01. The second-order valence-corrected chi connectivity index (χ2v) is 6.97. The van der Waals surface area contributed by atoms with Crippen LogP contribution in [-0.2, 0) is 0 Å². The van der Waals surface area contributed by atoms with E-state index in [4.69, 9.17) is 7.85 Å². The summed E-state index contributed by atoms with van der Waals surface area (Å²) in [7, 11) is 6.31. The van der Waals surface area contributed by atoms with E-state index in [9.17, 15) is 0 Å². The van der Waals surface area contributed by atoms with Crippen LogP contribution in [0.3, 0.4) is 0 Å². The van der Waals surface area contributed by atoms with Crippen molar-refractivity contribution < 1.29 is 0 Å². The van der Waals surface area contributed by atoms with Gasteiger partial charge >= 0.3 is 0 Å². The number of hydrogen-bond donors (Lipinski definition) is 0. The molecule has 0 aromatic rings. The van der Waals surface area contributed by atoms with Gasteiger partial charge in [0.1, 0.15) is 0 Å². The van der Waals surface area contributed by atoms with E-state index in [0.717, 1.165) is 0 Å². The van der Waals surface area contributed by atoms with Crippen LogP contribution in [0.25, 0.3) is 0 Å². The summed E-state index contributed by atoms with van der Waals surface area (Å²) in [6.45, 7) is 14.0. The molecule has 0 heterocycles. The number of hydrogen-bond acceptors (Lipinski definition) is 0. The Morgan fingerprint density at radius 1 is 0.846 bits per heavy atom. The van der Waals surface area contributed by atoms with E-state index in [1.54, 1.807) is 0 Å². The molecule has 0 aromatic carbocycles. The van der Waals surface area contributed by atoms with E-state index in [-0.39, 0.29) is 10.8 Å². The Balaban J connectivity index is 2.96. The average Bonchev–Trinajstić information content (AvgIpc) is 1.77. The Bertz CT molecular complexity index is 181. The van der Waals surface area contributed by atoms with E-state index < -0.39 is 0 Å². The molecule has 0 bridgehead atoms. The van der Waals surface area contributed by atoms with Crippen molar-refractivity contribution in [3.8, 4) is 0 Å². The van der Waals surface area contributed by atoms with Crippen molar-refractivity contribution >= 4 is 7.85 Å². The zero-order chi connectivity index (χ0) is 10.5. The second kappa shape index (κ2) is 2.78. The van der Waals surface area contributed by atoms with E-state index >= 15 is 0 Å². The Morgan fingerprint density at radius 3 is 1.46 bits per heavy atom. The molecular weight excluding hydrogens is 155 g/mol. The van der Waals surface area contributed by atoms with Crippen molar-refractivity contribution in [1.82, 2.24) is 0 Å². The van der Waals surface area contributed by atoms with Crippen molar-refractivity contribution in [2.45, 2.75) is 60.2 Å². The molecule has 1 aliphatic carbocycles. The molecule has 0 saturated heterocycles. The van der Waals surface area contributed by atoms with Crippen LogP contribution in [-0.4, -0.2) is 7.85 Å². The van der Waals surface area contributed by atoms with Crippen molar-refractivity contribution in [3.05, 3.63) is 0 Å². The summed E-state index contributed by atoms with van der Waals surface area (Å²) in [6.07, 6.45) is 2.48. The summed E-state index contributed by atoms with van der Waals surface area (Å²) in [5.74, 6) is 0.327. The average molecular weight is 178 g/mol. The van der Waals surface area contributed by atoms with Crippen LogP contribution >= 0.6 is 0 Å². The van der Waals surface area contributed by atoms with Crippen molar-refractivity contribution in [2.75, 3.05) is 0 Å². The van der Waals surface area contributed by atoms with Gasteiger partial charge in [-0.15, -0.1) is 0 Å². The van der Waals surface area contributed by atoms with Gasteiger partial charge in [0.05, 0.1) is 7.85 Å². The lowest BCUT2D eigenvalue weighted by molar-refractivity contribution is 0.0219. The lowest BCUT2D eigenvalue weighted by atomic mass is 9.45. The molecule has 74 valence electrons. The fourth-order valence-corrected chi connectivity index (χ4v) is 3.81. The van der Waals surface area contributed by atoms with Crippen LogP contribution in [0, 0.1) is 16.2 Å². The van der Waals surface area contributed by atoms with Crippen LogP contribution in [0.15, 0.2) is 0 Å². The zero-order valence-corrected chi connectivity index (χ0v) is 10.1. The topological polar surface area (TPSA) is 0 Å². The van der Waals surface area contributed by atoms with Gasteiger partial charge in [0.2, 0.25) is 0 Å². The molecule has 0 N–H and O–H groups in total. The van der Waals surface area contributed by atoms with E-state index in [2.05, 4.69) is 41.5 Å². The Morgan fingerprint density at radius 2 is 1.15 bits per heavy atom. The van der Waals surface area contributed by atoms with Gasteiger partial charge in [-0.1, -0.05) is 47.4 Å². The molecule has 0 aromatic heterocycles. The van der Waals surface area contributed by atoms with Gasteiger partial charge in [0.25, 0.3) is 0 Å². The minimum Gasteiger partial charge on any atom is -0.0673 e. The first kappa shape index (κ1) is 11.1. The largest absolute Gasteiger partial charge is 0.0714 e. The fourth-order valence-electron chi connectivity index (χ4n) is 3.81. The Kier molecular flexibility index (Phi) is 2.38. The van der Waals surface area contributed by atoms with Gasteiger partial charge in [0.15, 0.2) is 0 Å². The summed E-state index contributed by atoms with van der Waals surface area (Å²) in [4.78, 5) is 0. The molecule has 0 atom stereocenters. The highest BCUT2D eigenvalue weighted by molar-refractivity contribution is 6.12. The lowest BCUT2D eigenvalue weighted by Crippen LogP contribution is -2.43. The monoisotopic (exact) mass is 178 g/mol. The molecule has 1 heteroatoms. The van der Waals surface area contributed by atoms with Crippen molar-refractivity contribution in [1.29, 1.82) is 0 Å². The summed E-state index contributed by atoms with van der Waals surface area (Å²) in [5, 5.41) is 0. The molecule has 0 aliphatic heterocycles. The van der Waals surface area contributed by atoms with Crippen LogP contribution in [0.1, 0.15) is 54.4 Å². The molecule has 13 heavy (non-hydrogen) atoms. The third-order valence-electron chi connectivity index (χ3n) is 3.55. The van der Waals surface area contributed by atoms with Crippen LogP contribution in [0.5, 0.6) is 0 Å². The van der Waals surface area contributed by atoms with Gasteiger partial charge in [-0.3, -0.25) is 0 Å². The summed E-state index contributed by atoms with van der Waals surface area (Å²) in [6, 6.07) is 0. The predicted octanol–water partition coefficient (Wildman–Crippen LogP) is 3.82. The summed E-state index contributed by atoms with van der Waals surface area (Å²) >= 11 is 0. The normalized spacial score (nSPS) is 31.5. The highest BCUT2D eigenvalue weighted by atomic mass is 14.5. The van der Waals surface area contributed by atoms with Gasteiger partial charge in [-0.2, -0.15) is 0 Å². The third-order valence-corrected chi connectivity index (χ3v) is 3.55. The standard InChI is InChI=1S/C12H23B/c1-10(2)7-11(3,4)9(13)12(5,6)8-10/h9H,7-8H2,1-6H3. The molecular formula is C12H23B. The third kappa shape index (κ3) is 2.11. The Hall–Kier alpha value is 0.0649. The molecule has 0 spiro atoms. The minimum absolute atomic E-state index is 0.283. The highest BCUT2D eigenvalue weighted by Gasteiger charge is 2.47. The second-order valence-electron chi connectivity index (χ2n) is 6.97. The SMILES string of the molecule is [B]C1C(C)(C)CC(C)(C)CC1(C)C. The molecule has 2 radical (unpaired) electrons. The lowest BCUT2D eigenvalue weighted by Gasteiger charge is -2.55. The van der Waals surface area contributed by atoms with E-state index in [1.165, 1.54) is 12.8 Å². The van der Waals surface area contributed by atoms with Gasteiger partial charge in [0, 0.05) is 0 Å². The molecule has 0 amide bonds. The fraction of sp³-hybridized carbons (Fsp3) is 1.00. The molecule has 0 nitrogen and oxygen atoms in total. The zero-order valence-electron chi connectivity index (χ0n) is 10.1. The van der Waals surface area contributed by atoms with Gasteiger partial charge in [-0.25, -0.2) is 0 Å². The first-order valence-corrected chi connectivity index (χ1v) is 5.32. The maximum absolute atomic E-state index is 6.31. The molecule has 1 aliphatic rings. The quantitative estimate of drug-likeness (QED) is 0.494. The molecule has 1 fully saturated rings. The smallest absolute Gasteiger partial charge is 0.0673 e. The first-order chi connectivity index (χ1) is 5.57. The minimum atomic E-state index is 0.283. The summed E-state index contributed by atoms with van der Waals surface area (Å²) < 4.78 is 0.